The van der Waals surface area contributed by atoms with Gasteiger partial charge in [-0.25, -0.2) is 0 Å². The molecular weight excluding hydrogens is 344 g/mol. The van der Waals surface area contributed by atoms with Crippen LogP contribution in [0.3, 0.4) is 0 Å². The number of carbonyl (C=O) groups is 1. The number of thioether (sulfide) groups is 1. The van der Waals surface area contributed by atoms with Crippen molar-refractivity contribution in [2.24, 2.45) is 0 Å². The van der Waals surface area contributed by atoms with Crippen molar-refractivity contribution < 1.29 is 4.79 Å². The van der Waals surface area contributed by atoms with Crippen LogP contribution in [0.4, 0.5) is 5.69 Å². The smallest absolute Gasteiger partial charge is 0.234 e. The number of rotatable bonds is 6. The van der Waals surface area contributed by atoms with Gasteiger partial charge in [0.25, 0.3) is 0 Å². The van der Waals surface area contributed by atoms with Crippen molar-refractivity contribution in [1.29, 1.82) is 0 Å². The molecule has 0 bridgehead atoms. The van der Waals surface area contributed by atoms with E-state index >= 15 is 0 Å². The number of hydrogen-bond donors (Lipinski definition) is 1. The van der Waals surface area contributed by atoms with Gasteiger partial charge in [-0.3, -0.25) is 9.36 Å². The number of aryl methyl sites for hydroxylation is 3. The van der Waals surface area contributed by atoms with Gasteiger partial charge in [-0.05, 0) is 49.6 Å². The highest BCUT2D eigenvalue weighted by molar-refractivity contribution is 7.99. The summed E-state index contributed by atoms with van der Waals surface area (Å²) in [5.41, 5.74) is 4.17. The molecule has 2 aromatic carbocycles. The topological polar surface area (TPSA) is 59.8 Å². The van der Waals surface area contributed by atoms with E-state index in [4.69, 9.17) is 0 Å². The first-order chi connectivity index (χ1) is 12.6. The third kappa shape index (κ3) is 4.14. The summed E-state index contributed by atoms with van der Waals surface area (Å²) in [7, 11) is 0. The molecule has 1 N–H and O–H groups in total. The van der Waals surface area contributed by atoms with Gasteiger partial charge < -0.3 is 5.32 Å². The van der Waals surface area contributed by atoms with Crippen LogP contribution >= 0.6 is 11.8 Å². The van der Waals surface area contributed by atoms with E-state index in [9.17, 15) is 4.79 Å². The van der Waals surface area contributed by atoms with Gasteiger partial charge in [-0.2, -0.15) is 0 Å². The van der Waals surface area contributed by atoms with Crippen molar-refractivity contribution in [3.63, 3.8) is 0 Å². The number of para-hydroxylation sites is 1. The molecule has 5 nitrogen and oxygen atoms in total. The molecule has 1 heterocycles. The van der Waals surface area contributed by atoms with Crippen molar-refractivity contribution in [1.82, 2.24) is 14.8 Å². The lowest BCUT2D eigenvalue weighted by Crippen LogP contribution is -2.15. The Hall–Kier alpha value is -2.60. The monoisotopic (exact) mass is 366 g/mol. The van der Waals surface area contributed by atoms with Gasteiger partial charge in [0.2, 0.25) is 5.91 Å². The predicted octanol–water partition coefficient (Wildman–Crippen LogP) is 4.18. The van der Waals surface area contributed by atoms with Crippen LogP contribution in [0.15, 0.2) is 53.7 Å². The number of amides is 1. The average molecular weight is 366 g/mol. The molecule has 0 atom stereocenters. The SMILES string of the molecule is CCc1ccc(-n2c(C)nnc2SCC(=O)Nc2ccccc2C)cc1. The zero-order chi connectivity index (χ0) is 18.5. The van der Waals surface area contributed by atoms with Crippen molar-refractivity contribution in [2.75, 3.05) is 11.1 Å². The van der Waals surface area contributed by atoms with E-state index < -0.39 is 0 Å². The van der Waals surface area contributed by atoms with E-state index in [1.165, 1.54) is 17.3 Å². The minimum atomic E-state index is -0.0576. The predicted molar refractivity (Wildman–Crippen MR) is 106 cm³/mol. The van der Waals surface area contributed by atoms with Crippen LogP contribution in [0.5, 0.6) is 0 Å². The summed E-state index contributed by atoms with van der Waals surface area (Å²) < 4.78 is 1.98. The van der Waals surface area contributed by atoms with Crippen LogP contribution in [0.1, 0.15) is 23.9 Å². The molecule has 3 aromatic rings. The fourth-order valence-corrected chi connectivity index (χ4v) is 3.44. The Morgan fingerprint density at radius 3 is 2.50 bits per heavy atom. The maximum absolute atomic E-state index is 12.3. The van der Waals surface area contributed by atoms with Crippen molar-refractivity contribution >= 4 is 23.4 Å². The zero-order valence-electron chi connectivity index (χ0n) is 15.2. The van der Waals surface area contributed by atoms with Crippen LogP contribution < -0.4 is 5.32 Å². The Labute approximate surface area is 157 Å². The number of hydrogen-bond acceptors (Lipinski definition) is 4. The molecule has 26 heavy (non-hydrogen) atoms. The highest BCUT2D eigenvalue weighted by Gasteiger charge is 2.14. The van der Waals surface area contributed by atoms with E-state index in [0.29, 0.717) is 5.16 Å². The van der Waals surface area contributed by atoms with Gasteiger partial charge in [0.05, 0.1) is 5.75 Å². The molecule has 0 aliphatic heterocycles. The molecule has 134 valence electrons. The first-order valence-corrected chi connectivity index (χ1v) is 9.56. The van der Waals surface area contributed by atoms with Crippen LogP contribution in [0.25, 0.3) is 5.69 Å². The lowest BCUT2D eigenvalue weighted by molar-refractivity contribution is -0.113. The van der Waals surface area contributed by atoms with E-state index in [2.05, 4.69) is 46.7 Å². The number of nitrogens with zero attached hydrogens (tertiary/aromatic N) is 3. The fraction of sp³-hybridized carbons (Fsp3) is 0.250. The first kappa shape index (κ1) is 18.2. The average Bonchev–Trinajstić information content (AvgIpc) is 3.02. The Morgan fingerprint density at radius 1 is 1.08 bits per heavy atom. The molecule has 0 aliphatic rings. The summed E-state index contributed by atoms with van der Waals surface area (Å²) >= 11 is 1.38. The van der Waals surface area contributed by atoms with Gasteiger partial charge >= 0.3 is 0 Å². The minimum absolute atomic E-state index is 0.0576. The third-order valence-electron chi connectivity index (χ3n) is 4.15. The highest BCUT2D eigenvalue weighted by atomic mass is 32.2. The molecule has 6 heteroatoms. The normalized spacial score (nSPS) is 10.7. The first-order valence-electron chi connectivity index (χ1n) is 8.58. The van der Waals surface area contributed by atoms with E-state index in [1.54, 1.807) is 0 Å². The van der Waals surface area contributed by atoms with Crippen molar-refractivity contribution in [2.45, 2.75) is 32.3 Å². The zero-order valence-corrected chi connectivity index (χ0v) is 16.0. The lowest BCUT2D eigenvalue weighted by atomic mass is 10.1. The largest absolute Gasteiger partial charge is 0.325 e. The van der Waals surface area contributed by atoms with Crippen LogP contribution in [0.2, 0.25) is 0 Å². The fourth-order valence-electron chi connectivity index (χ4n) is 2.64. The summed E-state index contributed by atoms with van der Waals surface area (Å²) in [6.45, 7) is 6.02. The van der Waals surface area contributed by atoms with Crippen LogP contribution in [0, 0.1) is 13.8 Å². The van der Waals surface area contributed by atoms with Gasteiger partial charge in [0.15, 0.2) is 5.16 Å². The molecule has 0 saturated carbocycles. The van der Waals surface area contributed by atoms with Crippen molar-refractivity contribution in [3.8, 4) is 5.69 Å². The Kier molecular flexibility index (Phi) is 5.73. The summed E-state index contributed by atoms with van der Waals surface area (Å²) in [6.07, 6.45) is 1.00. The maximum atomic E-state index is 12.3. The van der Waals surface area contributed by atoms with E-state index in [0.717, 1.165) is 29.2 Å². The number of carbonyl (C=O) groups excluding carboxylic acids is 1. The van der Waals surface area contributed by atoms with Gasteiger partial charge in [0.1, 0.15) is 5.82 Å². The molecule has 3 rings (SSSR count). The van der Waals surface area contributed by atoms with Gasteiger partial charge in [-0.1, -0.05) is 49.0 Å². The third-order valence-corrected chi connectivity index (χ3v) is 5.08. The molecule has 0 aliphatic carbocycles. The van der Waals surface area contributed by atoms with E-state index in [1.807, 2.05) is 42.7 Å². The van der Waals surface area contributed by atoms with E-state index in [-0.39, 0.29) is 11.7 Å². The second-order valence-corrected chi connectivity index (χ2v) is 6.98. The quantitative estimate of drug-likeness (QED) is 0.665. The summed E-state index contributed by atoms with van der Waals surface area (Å²) in [6, 6.07) is 16.1. The summed E-state index contributed by atoms with van der Waals surface area (Å²) in [5.74, 6) is 1.02. The second kappa shape index (κ2) is 8.19. The molecule has 0 spiro atoms. The summed E-state index contributed by atoms with van der Waals surface area (Å²) in [4.78, 5) is 12.3. The lowest BCUT2D eigenvalue weighted by Gasteiger charge is -2.10. The Balaban J connectivity index is 1.70. The minimum Gasteiger partial charge on any atom is -0.325 e. The molecule has 0 saturated heterocycles. The molecule has 0 unspecified atom stereocenters. The number of anilines is 1. The van der Waals surface area contributed by atoms with Crippen LogP contribution in [-0.4, -0.2) is 26.4 Å². The molecular formula is C20H22N4OS. The Bertz CT molecular complexity index is 902. The number of benzene rings is 2. The highest BCUT2D eigenvalue weighted by Crippen LogP contribution is 2.23. The standard InChI is InChI=1S/C20H22N4OS/c1-4-16-9-11-17(12-10-16)24-15(3)22-23-20(24)26-13-19(25)21-18-8-6-5-7-14(18)2/h5-12H,4,13H2,1-3H3,(H,21,25). The number of aromatic nitrogens is 3. The maximum Gasteiger partial charge on any atom is 0.234 e. The van der Waals surface area contributed by atoms with Gasteiger partial charge in [0, 0.05) is 11.4 Å². The molecule has 0 radical (unpaired) electrons. The van der Waals surface area contributed by atoms with Crippen molar-refractivity contribution in [3.05, 3.63) is 65.5 Å². The Morgan fingerprint density at radius 2 is 1.81 bits per heavy atom. The second-order valence-electron chi connectivity index (χ2n) is 6.04. The molecule has 0 fully saturated rings. The van der Waals surface area contributed by atoms with Gasteiger partial charge in [-0.15, -0.1) is 10.2 Å². The molecule has 1 amide bonds. The summed E-state index contributed by atoms with van der Waals surface area (Å²) in [5, 5.41) is 12.1. The molecule has 1 aromatic heterocycles. The number of nitrogens with one attached hydrogen (secondary N) is 1. The van der Waals surface area contributed by atoms with Crippen LogP contribution in [-0.2, 0) is 11.2 Å².